The Kier molecular flexibility index (Phi) is 3.79. The number of ether oxygens (including phenoxy) is 2. The zero-order valence-corrected chi connectivity index (χ0v) is 19.1. The number of hydrogen-bond acceptors (Lipinski definition) is 2. The molecule has 34 heavy (non-hydrogen) atoms. The molecular formula is C30H24N2O2+2. The fourth-order valence-electron chi connectivity index (χ4n) is 5.41. The van der Waals surface area contributed by atoms with Gasteiger partial charge < -0.3 is 9.47 Å². The molecule has 0 amide bonds. The molecule has 4 nitrogen and oxygen atoms in total. The van der Waals surface area contributed by atoms with E-state index in [-0.39, 0.29) is 5.41 Å². The number of hydrogen-bond donors (Lipinski definition) is 0. The van der Waals surface area contributed by atoms with Gasteiger partial charge in [0.05, 0.1) is 16.5 Å². The van der Waals surface area contributed by atoms with Crippen molar-refractivity contribution < 1.29 is 18.6 Å². The van der Waals surface area contributed by atoms with Crippen molar-refractivity contribution in [2.24, 2.45) is 0 Å². The first-order chi connectivity index (χ1) is 16.6. The second-order valence-corrected chi connectivity index (χ2v) is 9.48. The normalized spacial score (nSPS) is 20.9. The third-order valence-corrected chi connectivity index (χ3v) is 7.08. The predicted molar refractivity (Wildman–Crippen MR) is 132 cm³/mol. The summed E-state index contributed by atoms with van der Waals surface area (Å²) in [6, 6.07) is 34.2. The molecule has 0 saturated heterocycles. The molecule has 0 N–H and O–H groups in total. The van der Waals surface area contributed by atoms with Gasteiger partial charge in [-0.2, -0.15) is 0 Å². The molecule has 0 aliphatic carbocycles. The summed E-state index contributed by atoms with van der Waals surface area (Å²) >= 11 is 0. The molecule has 0 fully saturated rings. The van der Waals surface area contributed by atoms with Crippen LogP contribution in [0.15, 0.2) is 103 Å². The van der Waals surface area contributed by atoms with Crippen molar-refractivity contribution in [3.05, 3.63) is 120 Å². The van der Waals surface area contributed by atoms with Gasteiger partial charge in [0.25, 0.3) is 0 Å². The molecule has 0 aromatic heterocycles. The molecule has 3 heterocycles. The lowest BCUT2D eigenvalue weighted by Gasteiger charge is -2.38. The number of rotatable bonds is 2. The fourth-order valence-corrected chi connectivity index (χ4v) is 5.41. The van der Waals surface area contributed by atoms with E-state index in [0.717, 1.165) is 39.7 Å². The molecule has 7 rings (SSSR count). The first-order valence-corrected chi connectivity index (χ1v) is 11.6. The van der Waals surface area contributed by atoms with Crippen molar-refractivity contribution in [1.82, 2.24) is 0 Å². The van der Waals surface area contributed by atoms with E-state index in [4.69, 9.17) is 9.47 Å². The smallest absolute Gasteiger partial charge is 0.340 e. The van der Waals surface area contributed by atoms with Crippen LogP contribution < -0.4 is 9.47 Å². The van der Waals surface area contributed by atoms with Crippen molar-refractivity contribution in [3.8, 4) is 11.5 Å². The molecular weight excluding hydrogens is 420 g/mol. The maximum absolute atomic E-state index is 6.93. The summed E-state index contributed by atoms with van der Waals surface area (Å²) in [5, 5.41) is 0. The monoisotopic (exact) mass is 444 g/mol. The molecule has 3 aliphatic heterocycles. The van der Waals surface area contributed by atoms with E-state index in [9.17, 15) is 0 Å². The van der Waals surface area contributed by atoms with Gasteiger partial charge in [0.15, 0.2) is 17.7 Å². The molecule has 164 valence electrons. The van der Waals surface area contributed by atoms with E-state index < -0.39 is 6.03 Å². The van der Waals surface area contributed by atoms with Gasteiger partial charge in [-0.25, -0.2) is 0 Å². The van der Waals surface area contributed by atoms with E-state index in [0.29, 0.717) is 0 Å². The highest BCUT2D eigenvalue weighted by Crippen LogP contribution is 2.47. The van der Waals surface area contributed by atoms with Crippen molar-refractivity contribution in [2.75, 3.05) is 0 Å². The quantitative estimate of drug-likeness (QED) is 0.356. The maximum atomic E-state index is 6.93. The van der Waals surface area contributed by atoms with E-state index in [2.05, 4.69) is 95.9 Å². The largest absolute Gasteiger partial charge is 0.715 e. The Hall–Kier alpha value is -4.18. The van der Waals surface area contributed by atoms with Crippen LogP contribution in [0, 0.1) is 0 Å². The second-order valence-electron chi connectivity index (χ2n) is 9.48. The molecule has 0 radical (unpaired) electrons. The number of fused-ring (bicyclic) bond motifs is 3. The van der Waals surface area contributed by atoms with Crippen LogP contribution >= 0.6 is 0 Å². The molecule has 1 atom stereocenters. The highest BCUT2D eigenvalue weighted by atomic mass is 16.7. The topological polar surface area (TPSA) is 24.5 Å². The minimum atomic E-state index is -1.27. The van der Waals surface area contributed by atoms with E-state index >= 15 is 0 Å². The zero-order chi connectivity index (χ0) is 22.9. The summed E-state index contributed by atoms with van der Waals surface area (Å²) in [4.78, 5) is 0. The van der Waals surface area contributed by atoms with Crippen LogP contribution in [0.4, 0.5) is 11.4 Å². The highest BCUT2D eigenvalue weighted by molar-refractivity contribution is 6.07. The Morgan fingerprint density at radius 3 is 2.06 bits per heavy atom. The molecule has 0 saturated carbocycles. The third kappa shape index (κ3) is 2.48. The fraction of sp³-hybridized carbons (Fsp3) is 0.133. The van der Waals surface area contributed by atoms with Gasteiger partial charge in [0.2, 0.25) is 17.1 Å². The first-order valence-electron chi connectivity index (χ1n) is 11.6. The van der Waals surface area contributed by atoms with E-state index in [1.165, 1.54) is 5.56 Å². The van der Waals surface area contributed by atoms with Crippen LogP contribution in [-0.4, -0.2) is 27.1 Å². The lowest BCUT2D eigenvalue weighted by atomic mass is 9.75. The van der Waals surface area contributed by atoms with Crippen molar-refractivity contribution in [3.63, 3.8) is 0 Å². The Balaban J connectivity index is 1.70. The molecule has 4 aromatic carbocycles. The van der Waals surface area contributed by atoms with Crippen LogP contribution in [0.3, 0.4) is 0 Å². The molecule has 4 aromatic rings. The van der Waals surface area contributed by atoms with Gasteiger partial charge in [-0.15, -0.1) is 0 Å². The molecule has 1 unspecified atom stereocenters. The van der Waals surface area contributed by atoms with Crippen molar-refractivity contribution in [1.29, 1.82) is 0 Å². The Labute approximate surface area is 198 Å². The van der Waals surface area contributed by atoms with Crippen LogP contribution in [0.25, 0.3) is 0 Å². The molecule has 4 heteroatoms. The van der Waals surface area contributed by atoms with Gasteiger partial charge in [-0.3, -0.25) is 0 Å². The molecule has 1 spiro atoms. The summed E-state index contributed by atoms with van der Waals surface area (Å²) in [5.74, 6) is 1.62. The lowest BCUT2D eigenvalue weighted by molar-refractivity contribution is -0.857. The third-order valence-electron chi connectivity index (χ3n) is 7.08. The summed E-state index contributed by atoms with van der Waals surface area (Å²) in [5.41, 5.74) is 6.09. The zero-order valence-electron chi connectivity index (χ0n) is 19.1. The first kappa shape index (κ1) is 19.3. The summed E-state index contributed by atoms with van der Waals surface area (Å²) in [6.07, 6.45) is 2.14. The van der Waals surface area contributed by atoms with Gasteiger partial charge in [0, 0.05) is 24.3 Å². The molecule has 4 bridgehead atoms. The average molecular weight is 445 g/mol. The van der Waals surface area contributed by atoms with Gasteiger partial charge in [-0.05, 0) is 48.3 Å². The van der Waals surface area contributed by atoms with Crippen LogP contribution in [0.1, 0.15) is 30.5 Å². The number of benzene rings is 4. The standard InChI is InChI=1S/C30H24N2O2/c1-29(2)22-18-17-21-20-31(23-11-5-3-6-12-23)30(34-27(21)19-22)32(24-13-7-4-8-14-24)28(29)25-15-9-10-16-26(25)33-30/h3-20H,1-2H3/q+2. The summed E-state index contributed by atoms with van der Waals surface area (Å²) in [6.45, 7) is 4.57. The van der Waals surface area contributed by atoms with Crippen molar-refractivity contribution in [2.45, 2.75) is 25.3 Å². The number of para-hydroxylation sites is 3. The van der Waals surface area contributed by atoms with Gasteiger partial charge in [0.1, 0.15) is 0 Å². The summed E-state index contributed by atoms with van der Waals surface area (Å²) < 4.78 is 18.2. The maximum Gasteiger partial charge on any atom is 0.715 e. The van der Waals surface area contributed by atoms with Crippen LogP contribution in [0.5, 0.6) is 11.5 Å². The Morgan fingerprint density at radius 2 is 1.29 bits per heavy atom. The van der Waals surface area contributed by atoms with Gasteiger partial charge in [-0.1, -0.05) is 59.2 Å². The van der Waals surface area contributed by atoms with E-state index in [1.54, 1.807) is 0 Å². The molecule has 3 aliphatic rings. The average Bonchev–Trinajstić information content (AvgIpc) is 2.87. The number of nitrogens with zero attached hydrogens (tertiary/aromatic N) is 2. The SMILES string of the molecule is CC1(C)C2=[N+](c3ccccc3)C3(Oc4cc1ccc4C=[N+]3c1ccccc1)Oc1ccccc12. The Bertz CT molecular complexity index is 1520. The van der Waals surface area contributed by atoms with Crippen LogP contribution in [0.2, 0.25) is 0 Å². The minimum absolute atomic E-state index is 0.322. The Morgan fingerprint density at radius 1 is 0.647 bits per heavy atom. The second kappa shape index (κ2) is 6.67. The lowest BCUT2D eigenvalue weighted by Crippen LogP contribution is -2.65. The van der Waals surface area contributed by atoms with Crippen molar-refractivity contribution >= 4 is 23.3 Å². The van der Waals surface area contributed by atoms with Crippen LogP contribution in [-0.2, 0) is 5.41 Å². The van der Waals surface area contributed by atoms with Gasteiger partial charge >= 0.3 is 6.03 Å². The summed E-state index contributed by atoms with van der Waals surface area (Å²) in [7, 11) is 0. The predicted octanol–water partition coefficient (Wildman–Crippen LogP) is 5.97. The highest BCUT2D eigenvalue weighted by Gasteiger charge is 2.69. The minimum Gasteiger partial charge on any atom is -0.340 e. The van der Waals surface area contributed by atoms with E-state index in [1.807, 2.05) is 36.4 Å².